The molecule has 0 radical (unpaired) electrons. The summed E-state index contributed by atoms with van der Waals surface area (Å²) in [5.74, 6) is -0.260. The number of anilines is 1. The number of likely N-dealkylation sites (tertiary alicyclic amines) is 1. The molecule has 0 bridgehead atoms. The van der Waals surface area contributed by atoms with Crippen molar-refractivity contribution in [2.45, 2.75) is 18.6 Å². The second-order valence-electron chi connectivity index (χ2n) is 8.64. The Bertz CT molecular complexity index is 1170. The molecule has 1 aliphatic heterocycles. The molecule has 3 aromatic rings. The fourth-order valence-electron chi connectivity index (χ4n) is 4.33. The van der Waals surface area contributed by atoms with Crippen molar-refractivity contribution >= 4 is 28.4 Å². The van der Waals surface area contributed by atoms with E-state index < -0.39 is 12.5 Å². The quantitative estimate of drug-likeness (QED) is 0.430. The van der Waals surface area contributed by atoms with Crippen LogP contribution < -0.4 is 10.1 Å². The van der Waals surface area contributed by atoms with Gasteiger partial charge in [0.1, 0.15) is 12.4 Å². The third kappa shape index (κ3) is 5.94. The van der Waals surface area contributed by atoms with Crippen molar-refractivity contribution in [2.75, 3.05) is 45.2 Å². The van der Waals surface area contributed by atoms with Gasteiger partial charge in [-0.05, 0) is 36.2 Å². The maximum atomic E-state index is 13.2. The number of aliphatic hydroxyl groups excluding tert-OH is 2. The SMILES string of the molecule is CN(C(=O)COc1ccc(NC(=O)CO)c2ncccc12)[C@H](CN1CC[C@H](O)C1)c1ccccc1. The lowest BCUT2D eigenvalue weighted by Gasteiger charge is -2.32. The molecule has 1 aromatic heterocycles. The van der Waals surface area contributed by atoms with Crippen LogP contribution in [0.3, 0.4) is 0 Å². The van der Waals surface area contributed by atoms with E-state index in [1.807, 2.05) is 30.3 Å². The van der Waals surface area contributed by atoms with E-state index in [9.17, 15) is 14.7 Å². The van der Waals surface area contributed by atoms with Gasteiger partial charge in [-0.15, -0.1) is 0 Å². The van der Waals surface area contributed by atoms with E-state index >= 15 is 0 Å². The first-order valence-electron chi connectivity index (χ1n) is 11.6. The van der Waals surface area contributed by atoms with Crippen LogP contribution in [0.25, 0.3) is 10.9 Å². The molecule has 0 aliphatic carbocycles. The lowest BCUT2D eigenvalue weighted by Crippen LogP contribution is -2.40. The lowest BCUT2D eigenvalue weighted by atomic mass is 10.0. The molecule has 0 saturated carbocycles. The Morgan fingerprint density at radius 3 is 2.71 bits per heavy atom. The number of hydrogen-bond acceptors (Lipinski definition) is 7. The zero-order chi connectivity index (χ0) is 24.8. The number of pyridine rings is 1. The minimum Gasteiger partial charge on any atom is -0.483 e. The highest BCUT2D eigenvalue weighted by Gasteiger charge is 2.28. The monoisotopic (exact) mass is 478 g/mol. The fraction of sp³-hybridized carbons (Fsp3) is 0.346. The van der Waals surface area contributed by atoms with Crippen LogP contribution in [-0.4, -0.2) is 82.8 Å². The van der Waals surface area contributed by atoms with Crippen molar-refractivity contribution in [3.63, 3.8) is 0 Å². The summed E-state index contributed by atoms with van der Waals surface area (Å²) < 4.78 is 5.91. The number of aromatic nitrogens is 1. The molecule has 0 unspecified atom stereocenters. The number of β-amino-alcohol motifs (C(OH)–C–C–N with tert-alkyl or cyclic N) is 1. The van der Waals surface area contributed by atoms with Crippen LogP contribution in [0.15, 0.2) is 60.8 Å². The topological polar surface area (TPSA) is 115 Å². The maximum Gasteiger partial charge on any atom is 0.260 e. The van der Waals surface area contributed by atoms with Crippen molar-refractivity contribution in [1.29, 1.82) is 0 Å². The number of aliphatic hydroxyl groups is 2. The van der Waals surface area contributed by atoms with E-state index in [0.29, 0.717) is 35.4 Å². The van der Waals surface area contributed by atoms with Crippen LogP contribution in [0.1, 0.15) is 18.0 Å². The Hall–Kier alpha value is -3.53. The average Bonchev–Trinajstić information content (AvgIpc) is 3.31. The third-order valence-corrected chi connectivity index (χ3v) is 6.22. The molecule has 9 nitrogen and oxygen atoms in total. The summed E-state index contributed by atoms with van der Waals surface area (Å²) in [5.41, 5.74) is 1.97. The van der Waals surface area contributed by atoms with E-state index in [0.717, 1.165) is 18.5 Å². The Labute approximate surface area is 203 Å². The van der Waals surface area contributed by atoms with Gasteiger partial charge in [-0.1, -0.05) is 30.3 Å². The van der Waals surface area contributed by atoms with Gasteiger partial charge in [0, 0.05) is 38.3 Å². The smallest absolute Gasteiger partial charge is 0.260 e. The summed E-state index contributed by atoms with van der Waals surface area (Å²) in [6.45, 7) is 1.21. The van der Waals surface area contributed by atoms with Crippen molar-refractivity contribution < 1.29 is 24.5 Å². The molecule has 9 heteroatoms. The van der Waals surface area contributed by atoms with Gasteiger partial charge in [-0.3, -0.25) is 19.5 Å². The van der Waals surface area contributed by atoms with Crippen LogP contribution in [-0.2, 0) is 9.59 Å². The van der Waals surface area contributed by atoms with Gasteiger partial charge in [0.15, 0.2) is 6.61 Å². The van der Waals surface area contributed by atoms with E-state index in [1.54, 1.807) is 42.4 Å². The molecular weight excluding hydrogens is 448 g/mol. The molecule has 0 spiro atoms. The summed E-state index contributed by atoms with van der Waals surface area (Å²) in [7, 11) is 1.77. The van der Waals surface area contributed by atoms with Crippen LogP contribution in [0.2, 0.25) is 0 Å². The largest absolute Gasteiger partial charge is 0.483 e. The molecule has 2 atom stereocenters. The molecule has 1 aliphatic rings. The van der Waals surface area contributed by atoms with Gasteiger partial charge in [0.25, 0.3) is 5.91 Å². The first-order valence-corrected chi connectivity index (χ1v) is 11.6. The highest BCUT2D eigenvalue weighted by molar-refractivity contribution is 6.02. The molecule has 1 fully saturated rings. The van der Waals surface area contributed by atoms with Gasteiger partial charge in [0.2, 0.25) is 5.91 Å². The summed E-state index contributed by atoms with van der Waals surface area (Å²) in [5, 5.41) is 22.2. The van der Waals surface area contributed by atoms with Crippen molar-refractivity contribution in [3.8, 4) is 5.75 Å². The Morgan fingerprint density at radius 2 is 2.00 bits per heavy atom. The second-order valence-corrected chi connectivity index (χ2v) is 8.64. The number of hydrogen-bond donors (Lipinski definition) is 3. The molecule has 2 amide bonds. The number of likely N-dealkylation sites (N-methyl/N-ethyl adjacent to an activating group) is 1. The minimum atomic E-state index is -0.633. The first kappa shape index (κ1) is 24.6. The summed E-state index contributed by atoms with van der Waals surface area (Å²) >= 11 is 0. The van der Waals surface area contributed by atoms with E-state index in [-0.39, 0.29) is 24.7 Å². The van der Waals surface area contributed by atoms with E-state index in [4.69, 9.17) is 9.84 Å². The summed E-state index contributed by atoms with van der Waals surface area (Å²) in [4.78, 5) is 33.0. The maximum absolute atomic E-state index is 13.2. The predicted octanol–water partition coefficient (Wildman–Crippen LogP) is 1.81. The number of fused-ring (bicyclic) bond motifs is 1. The molecule has 2 aromatic carbocycles. The van der Waals surface area contributed by atoms with Gasteiger partial charge < -0.3 is 25.2 Å². The minimum absolute atomic E-state index is 0.172. The molecule has 3 N–H and O–H groups in total. The second kappa shape index (κ2) is 11.3. The molecule has 2 heterocycles. The zero-order valence-electron chi connectivity index (χ0n) is 19.6. The zero-order valence-corrected chi connectivity index (χ0v) is 19.6. The van der Waals surface area contributed by atoms with Gasteiger partial charge >= 0.3 is 0 Å². The summed E-state index contributed by atoms with van der Waals surface area (Å²) in [6, 6.07) is 16.5. The normalized spacial score (nSPS) is 16.7. The van der Waals surface area contributed by atoms with Crippen molar-refractivity contribution in [2.24, 2.45) is 0 Å². The van der Waals surface area contributed by atoms with Gasteiger partial charge in [-0.25, -0.2) is 0 Å². The number of nitrogens with one attached hydrogen (secondary N) is 1. The molecule has 184 valence electrons. The number of ether oxygens (including phenoxy) is 1. The van der Waals surface area contributed by atoms with Crippen LogP contribution in [0.4, 0.5) is 5.69 Å². The average molecular weight is 479 g/mol. The number of rotatable bonds is 9. The highest BCUT2D eigenvalue weighted by atomic mass is 16.5. The number of carbonyl (C=O) groups excluding carboxylic acids is 2. The van der Waals surface area contributed by atoms with Crippen molar-refractivity contribution in [3.05, 3.63) is 66.4 Å². The standard InChI is InChI=1S/C26H30N4O5/c1-29(22(18-6-3-2-4-7-18)15-30-13-11-19(32)14-30)25(34)17-35-23-10-9-21(28-24(33)16-31)26-20(23)8-5-12-27-26/h2-10,12,19,22,31-32H,11,13-17H2,1H3,(H,28,33)/t19-,22+/m0/s1. The Kier molecular flexibility index (Phi) is 7.91. The lowest BCUT2D eigenvalue weighted by molar-refractivity contribution is -0.134. The van der Waals surface area contributed by atoms with E-state index in [2.05, 4.69) is 15.2 Å². The first-order chi connectivity index (χ1) is 17.0. The van der Waals surface area contributed by atoms with E-state index in [1.165, 1.54) is 0 Å². The third-order valence-electron chi connectivity index (χ3n) is 6.22. The van der Waals surface area contributed by atoms with Crippen LogP contribution in [0, 0.1) is 0 Å². The predicted molar refractivity (Wildman–Crippen MR) is 132 cm³/mol. The number of carbonyl (C=O) groups is 2. The Balaban J connectivity index is 1.49. The molecule has 1 saturated heterocycles. The number of amides is 2. The fourth-order valence-corrected chi connectivity index (χ4v) is 4.33. The van der Waals surface area contributed by atoms with Crippen LogP contribution in [0.5, 0.6) is 5.75 Å². The number of nitrogens with zero attached hydrogens (tertiary/aromatic N) is 3. The summed E-state index contributed by atoms with van der Waals surface area (Å²) in [6.07, 6.45) is 2.00. The van der Waals surface area contributed by atoms with Gasteiger partial charge in [-0.2, -0.15) is 0 Å². The molecule has 4 rings (SSSR count). The number of benzene rings is 2. The van der Waals surface area contributed by atoms with Gasteiger partial charge in [0.05, 0.1) is 23.3 Å². The van der Waals surface area contributed by atoms with Crippen molar-refractivity contribution in [1.82, 2.24) is 14.8 Å². The Morgan fingerprint density at radius 1 is 1.20 bits per heavy atom. The molecule has 35 heavy (non-hydrogen) atoms. The van der Waals surface area contributed by atoms with Crippen LogP contribution >= 0.6 is 0 Å². The molecular formula is C26H30N4O5. The highest BCUT2D eigenvalue weighted by Crippen LogP contribution is 2.30.